The summed E-state index contributed by atoms with van der Waals surface area (Å²) >= 11 is 0. The number of nitro benzene ring substituents is 1. The van der Waals surface area contributed by atoms with E-state index in [2.05, 4.69) is 0 Å². The summed E-state index contributed by atoms with van der Waals surface area (Å²) < 4.78 is 18.5. The Balaban J connectivity index is 3.39. The largest absolute Gasteiger partial charge is 0.490 e. The number of hydrogen-bond donors (Lipinski definition) is 1. The number of rotatable bonds is 5. The van der Waals surface area contributed by atoms with E-state index in [0.717, 1.165) is 6.07 Å². The number of aliphatic carboxylic acids is 1. The quantitative estimate of drug-likeness (QED) is 0.645. The summed E-state index contributed by atoms with van der Waals surface area (Å²) in [6.07, 6.45) is 0.174. The van der Waals surface area contributed by atoms with Crippen LogP contribution in [0.15, 0.2) is 12.1 Å². The molecule has 1 aromatic rings. The van der Waals surface area contributed by atoms with E-state index in [1.165, 1.54) is 7.11 Å². The fraction of sp³-hybridized carbons (Fsp3) is 0.364. The van der Waals surface area contributed by atoms with Crippen molar-refractivity contribution in [3.05, 3.63) is 33.6 Å². The first kappa shape index (κ1) is 13.9. The number of methoxy groups -OCH3 is 1. The number of hydrogen-bond acceptors (Lipinski definition) is 4. The van der Waals surface area contributed by atoms with Crippen LogP contribution in [-0.4, -0.2) is 23.1 Å². The number of carbonyl (C=O) groups is 1. The van der Waals surface area contributed by atoms with E-state index in [-0.39, 0.29) is 17.7 Å². The summed E-state index contributed by atoms with van der Waals surface area (Å²) in [5.41, 5.74) is -0.647. The molecule has 1 unspecified atom stereocenters. The van der Waals surface area contributed by atoms with Crippen LogP contribution in [0, 0.1) is 15.9 Å². The fourth-order valence-corrected chi connectivity index (χ4v) is 1.66. The highest BCUT2D eigenvalue weighted by atomic mass is 19.1. The lowest BCUT2D eigenvalue weighted by atomic mass is 9.95. The van der Waals surface area contributed by atoms with Crippen LogP contribution in [0.3, 0.4) is 0 Å². The molecule has 0 saturated carbocycles. The van der Waals surface area contributed by atoms with Crippen LogP contribution in [0.2, 0.25) is 0 Å². The SMILES string of the molecule is CCC(C(=O)O)c1cc(OC)c([N+](=O)[O-])cc1F. The van der Waals surface area contributed by atoms with E-state index in [9.17, 15) is 19.3 Å². The summed E-state index contributed by atoms with van der Waals surface area (Å²) in [6.45, 7) is 1.59. The zero-order valence-electron chi connectivity index (χ0n) is 9.84. The third kappa shape index (κ3) is 2.55. The zero-order valence-corrected chi connectivity index (χ0v) is 9.84. The molecule has 1 atom stereocenters. The molecule has 0 radical (unpaired) electrons. The number of nitrogens with zero attached hydrogens (tertiary/aromatic N) is 1. The zero-order chi connectivity index (χ0) is 13.9. The lowest BCUT2D eigenvalue weighted by Gasteiger charge is -2.12. The van der Waals surface area contributed by atoms with Gasteiger partial charge in [0.2, 0.25) is 0 Å². The lowest BCUT2D eigenvalue weighted by molar-refractivity contribution is -0.386. The number of carboxylic acid groups (broad SMARTS) is 1. The average Bonchev–Trinajstić information content (AvgIpc) is 2.30. The third-order valence-corrected chi connectivity index (χ3v) is 2.58. The van der Waals surface area contributed by atoms with Gasteiger partial charge in [-0.1, -0.05) is 6.92 Å². The molecule has 0 aliphatic rings. The Labute approximate surface area is 102 Å². The molecule has 0 amide bonds. The van der Waals surface area contributed by atoms with Gasteiger partial charge < -0.3 is 9.84 Å². The minimum absolute atomic E-state index is 0.118. The topological polar surface area (TPSA) is 89.7 Å². The molecule has 98 valence electrons. The van der Waals surface area contributed by atoms with Crippen LogP contribution in [0.4, 0.5) is 10.1 Å². The van der Waals surface area contributed by atoms with Gasteiger partial charge in [0.05, 0.1) is 24.0 Å². The number of halogens is 1. The van der Waals surface area contributed by atoms with E-state index in [0.29, 0.717) is 6.07 Å². The van der Waals surface area contributed by atoms with E-state index >= 15 is 0 Å². The van der Waals surface area contributed by atoms with Crippen molar-refractivity contribution in [1.82, 2.24) is 0 Å². The van der Waals surface area contributed by atoms with Crippen molar-refractivity contribution in [1.29, 1.82) is 0 Å². The molecule has 0 aromatic heterocycles. The Kier molecular flexibility index (Phi) is 4.19. The third-order valence-electron chi connectivity index (χ3n) is 2.58. The lowest BCUT2D eigenvalue weighted by Crippen LogP contribution is -2.13. The summed E-state index contributed by atoms with van der Waals surface area (Å²) in [7, 11) is 1.20. The molecule has 0 saturated heterocycles. The maximum Gasteiger partial charge on any atom is 0.313 e. The number of nitro groups is 1. The van der Waals surface area contributed by atoms with Gasteiger partial charge in [0.25, 0.3) is 0 Å². The first-order chi connectivity index (χ1) is 8.42. The van der Waals surface area contributed by atoms with Crippen molar-refractivity contribution in [2.24, 2.45) is 0 Å². The summed E-state index contributed by atoms with van der Waals surface area (Å²) in [6, 6.07) is 1.75. The fourth-order valence-electron chi connectivity index (χ4n) is 1.66. The van der Waals surface area contributed by atoms with Gasteiger partial charge in [-0.2, -0.15) is 0 Å². The predicted molar refractivity (Wildman–Crippen MR) is 60.3 cm³/mol. The molecule has 1 rings (SSSR count). The van der Waals surface area contributed by atoms with E-state index in [1.54, 1.807) is 6.92 Å². The second-order valence-corrected chi connectivity index (χ2v) is 3.60. The van der Waals surface area contributed by atoms with Crippen molar-refractivity contribution in [2.75, 3.05) is 7.11 Å². The van der Waals surface area contributed by atoms with Gasteiger partial charge in [0, 0.05) is 5.56 Å². The average molecular weight is 257 g/mol. The smallest absolute Gasteiger partial charge is 0.313 e. The molecule has 7 heteroatoms. The van der Waals surface area contributed by atoms with Crippen LogP contribution in [-0.2, 0) is 4.79 Å². The van der Waals surface area contributed by atoms with Gasteiger partial charge in [0.1, 0.15) is 5.82 Å². The maximum absolute atomic E-state index is 13.7. The second kappa shape index (κ2) is 5.44. The number of ether oxygens (including phenoxy) is 1. The number of benzene rings is 1. The first-order valence-electron chi connectivity index (χ1n) is 5.17. The molecule has 0 bridgehead atoms. The second-order valence-electron chi connectivity index (χ2n) is 3.60. The standard InChI is InChI=1S/C11H12FNO5/c1-3-6(11(14)15)7-4-10(18-2)9(13(16)17)5-8(7)12/h4-6H,3H2,1-2H3,(H,14,15). The van der Waals surface area contributed by atoms with Crippen LogP contribution in [0.5, 0.6) is 5.75 Å². The van der Waals surface area contributed by atoms with Crippen LogP contribution >= 0.6 is 0 Å². The molecule has 6 nitrogen and oxygen atoms in total. The van der Waals surface area contributed by atoms with Crippen LogP contribution < -0.4 is 4.74 Å². The highest BCUT2D eigenvalue weighted by Gasteiger charge is 2.26. The van der Waals surface area contributed by atoms with Crippen LogP contribution in [0.1, 0.15) is 24.8 Å². The van der Waals surface area contributed by atoms with Gasteiger partial charge >= 0.3 is 11.7 Å². The Morgan fingerprint density at radius 3 is 2.61 bits per heavy atom. The van der Waals surface area contributed by atoms with Gasteiger partial charge in [-0.15, -0.1) is 0 Å². The van der Waals surface area contributed by atoms with Gasteiger partial charge in [0.15, 0.2) is 5.75 Å². The van der Waals surface area contributed by atoms with Crippen molar-refractivity contribution >= 4 is 11.7 Å². The molecule has 0 spiro atoms. The van der Waals surface area contributed by atoms with Gasteiger partial charge in [-0.25, -0.2) is 4.39 Å². The molecule has 18 heavy (non-hydrogen) atoms. The summed E-state index contributed by atoms with van der Waals surface area (Å²) in [4.78, 5) is 20.8. The monoisotopic (exact) mass is 257 g/mol. The molecule has 0 aliphatic heterocycles. The molecule has 1 N–H and O–H groups in total. The minimum Gasteiger partial charge on any atom is -0.490 e. The van der Waals surface area contributed by atoms with Crippen molar-refractivity contribution in [2.45, 2.75) is 19.3 Å². The van der Waals surface area contributed by atoms with Crippen molar-refractivity contribution < 1.29 is 24.0 Å². The summed E-state index contributed by atoms with van der Waals surface area (Å²) in [5.74, 6) is -3.32. The maximum atomic E-state index is 13.7. The van der Waals surface area contributed by atoms with Gasteiger partial charge in [-0.3, -0.25) is 14.9 Å². The Morgan fingerprint density at radius 2 is 2.22 bits per heavy atom. The highest BCUT2D eigenvalue weighted by Crippen LogP contribution is 2.34. The van der Waals surface area contributed by atoms with Crippen molar-refractivity contribution in [3.8, 4) is 5.75 Å². The number of carboxylic acids is 1. The molecule has 0 heterocycles. The molecule has 1 aromatic carbocycles. The first-order valence-corrected chi connectivity index (χ1v) is 5.17. The Bertz CT molecular complexity index is 489. The predicted octanol–water partition coefficient (Wildman–Crippen LogP) is 2.32. The van der Waals surface area contributed by atoms with Crippen molar-refractivity contribution in [3.63, 3.8) is 0 Å². The van der Waals surface area contributed by atoms with Crippen LogP contribution in [0.25, 0.3) is 0 Å². The molecular formula is C11H12FNO5. The van der Waals surface area contributed by atoms with E-state index in [1.807, 2.05) is 0 Å². The molecule has 0 aliphatic carbocycles. The highest BCUT2D eigenvalue weighted by molar-refractivity contribution is 5.76. The Hall–Kier alpha value is -2.18. The summed E-state index contributed by atoms with van der Waals surface area (Å²) in [5, 5.41) is 19.6. The van der Waals surface area contributed by atoms with E-state index < -0.39 is 28.3 Å². The molecular weight excluding hydrogens is 245 g/mol. The van der Waals surface area contributed by atoms with E-state index in [4.69, 9.17) is 9.84 Å². The van der Waals surface area contributed by atoms with Gasteiger partial charge in [-0.05, 0) is 12.5 Å². The molecule has 0 fully saturated rings. The normalized spacial score (nSPS) is 11.9. The Morgan fingerprint density at radius 1 is 1.61 bits per heavy atom. The minimum atomic E-state index is -1.19.